The fourth-order valence-corrected chi connectivity index (χ4v) is 1.78. The molecule has 0 amide bonds. The van der Waals surface area contributed by atoms with Gasteiger partial charge in [-0.2, -0.15) is 0 Å². The smallest absolute Gasteiger partial charge is 0.000470 e. The van der Waals surface area contributed by atoms with E-state index in [1.165, 1.54) is 30.4 Å². The number of hydrogen-bond donors (Lipinski definition) is 0. The molecule has 0 saturated heterocycles. The lowest BCUT2D eigenvalue weighted by atomic mass is 9.96. The normalized spacial score (nSPS) is 27.4. The summed E-state index contributed by atoms with van der Waals surface area (Å²) >= 11 is 0. The minimum atomic E-state index is 0.646. The highest BCUT2D eigenvalue weighted by molar-refractivity contribution is 5.24. The van der Waals surface area contributed by atoms with Crippen molar-refractivity contribution in [1.82, 2.24) is 0 Å². The van der Waals surface area contributed by atoms with Crippen LogP contribution in [0.5, 0.6) is 0 Å². The summed E-state index contributed by atoms with van der Waals surface area (Å²) in [7, 11) is 0. The first-order valence-corrected chi connectivity index (χ1v) is 4.22. The van der Waals surface area contributed by atoms with E-state index in [2.05, 4.69) is 26.2 Å². The molecule has 1 aliphatic carbocycles. The fraction of sp³-hybridized carbons (Fsp3) is 0.455. The molecule has 11 heavy (non-hydrogen) atoms. The summed E-state index contributed by atoms with van der Waals surface area (Å²) in [5.74, 6) is 0.646. The van der Waals surface area contributed by atoms with Crippen molar-refractivity contribution in [1.29, 1.82) is 0 Å². The van der Waals surface area contributed by atoms with Gasteiger partial charge in [-0.05, 0) is 26.2 Å². The predicted molar refractivity (Wildman–Crippen MR) is 50.4 cm³/mol. The van der Waals surface area contributed by atoms with Gasteiger partial charge in [0.25, 0.3) is 0 Å². The van der Waals surface area contributed by atoms with E-state index in [-0.39, 0.29) is 0 Å². The SMILES string of the molecule is C=C/C=C1/CCC[C@@H]1C(=C)C. The Morgan fingerprint density at radius 2 is 2.36 bits per heavy atom. The maximum atomic E-state index is 3.99. The van der Waals surface area contributed by atoms with Crippen LogP contribution in [0.1, 0.15) is 26.2 Å². The van der Waals surface area contributed by atoms with Crippen molar-refractivity contribution in [2.24, 2.45) is 5.92 Å². The summed E-state index contributed by atoms with van der Waals surface area (Å²) in [6.45, 7) is 9.82. The first kappa shape index (κ1) is 8.32. The number of hydrogen-bond acceptors (Lipinski definition) is 0. The first-order valence-electron chi connectivity index (χ1n) is 4.22. The standard InChI is InChI=1S/C11H16/c1-4-6-10-7-5-8-11(10)9(2)3/h4,6,11H,1-2,5,7-8H2,3H3/b10-6-/t11-/m1/s1. The van der Waals surface area contributed by atoms with Gasteiger partial charge in [-0.25, -0.2) is 0 Å². The number of allylic oxidation sites excluding steroid dienone is 4. The van der Waals surface area contributed by atoms with E-state index in [1.807, 2.05) is 6.08 Å². The largest absolute Gasteiger partial charge is 0.0995 e. The molecule has 0 heteroatoms. The van der Waals surface area contributed by atoms with Crippen molar-refractivity contribution >= 4 is 0 Å². The Labute approximate surface area is 69.3 Å². The molecule has 0 nitrogen and oxygen atoms in total. The zero-order chi connectivity index (χ0) is 8.27. The minimum Gasteiger partial charge on any atom is -0.0995 e. The summed E-state index contributed by atoms with van der Waals surface area (Å²) < 4.78 is 0. The molecule has 0 aliphatic heterocycles. The van der Waals surface area contributed by atoms with Crippen molar-refractivity contribution in [2.45, 2.75) is 26.2 Å². The maximum absolute atomic E-state index is 3.99. The highest BCUT2D eigenvalue weighted by atomic mass is 14.2. The van der Waals surface area contributed by atoms with E-state index in [1.54, 1.807) is 0 Å². The van der Waals surface area contributed by atoms with Gasteiger partial charge >= 0.3 is 0 Å². The molecule has 1 atom stereocenters. The molecule has 1 aliphatic rings. The van der Waals surface area contributed by atoms with E-state index in [0.29, 0.717) is 5.92 Å². The van der Waals surface area contributed by atoms with Crippen LogP contribution in [0.2, 0.25) is 0 Å². The first-order chi connectivity index (χ1) is 5.25. The molecular weight excluding hydrogens is 132 g/mol. The van der Waals surface area contributed by atoms with Gasteiger partial charge in [0.15, 0.2) is 0 Å². The maximum Gasteiger partial charge on any atom is 0.000470 e. The summed E-state index contributed by atoms with van der Waals surface area (Å²) in [5.41, 5.74) is 2.82. The Hall–Kier alpha value is -0.780. The van der Waals surface area contributed by atoms with E-state index in [4.69, 9.17) is 0 Å². The quantitative estimate of drug-likeness (QED) is 0.526. The van der Waals surface area contributed by atoms with Gasteiger partial charge in [-0.3, -0.25) is 0 Å². The summed E-state index contributed by atoms with van der Waals surface area (Å²) in [6, 6.07) is 0. The van der Waals surface area contributed by atoms with Crippen molar-refractivity contribution in [3.05, 3.63) is 36.5 Å². The predicted octanol–water partition coefficient (Wildman–Crippen LogP) is 3.48. The van der Waals surface area contributed by atoms with Gasteiger partial charge in [-0.1, -0.05) is 36.5 Å². The monoisotopic (exact) mass is 148 g/mol. The summed E-state index contributed by atoms with van der Waals surface area (Å²) in [6.07, 6.45) is 7.87. The molecule has 0 aromatic carbocycles. The van der Waals surface area contributed by atoms with Crippen molar-refractivity contribution in [2.75, 3.05) is 0 Å². The van der Waals surface area contributed by atoms with Gasteiger partial charge in [0.2, 0.25) is 0 Å². The van der Waals surface area contributed by atoms with Crippen molar-refractivity contribution in [3.8, 4) is 0 Å². The Morgan fingerprint density at radius 1 is 1.64 bits per heavy atom. The molecule has 0 spiro atoms. The molecule has 0 heterocycles. The molecule has 0 N–H and O–H groups in total. The second kappa shape index (κ2) is 3.56. The Morgan fingerprint density at radius 3 is 2.91 bits per heavy atom. The lowest BCUT2D eigenvalue weighted by Gasteiger charge is -2.10. The molecular formula is C11H16. The zero-order valence-electron chi connectivity index (χ0n) is 7.27. The number of rotatable bonds is 2. The van der Waals surface area contributed by atoms with Gasteiger partial charge in [0.1, 0.15) is 0 Å². The average Bonchev–Trinajstić information content (AvgIpc) is 2.36. The molecule has 0 bridgehead atoms. The van der Waals surface area contributed by atoms with E-state index < -0.39 is 0 Å². The third-order valence-corrected chi connectivity index (χ3v) is 2.33. The summed E-state index contributed by atoms with van der Waals surface area (Å²) in [4.78, 5) is 0. The lowest BCUT2D eigenvalue weighted by Crippen LogP contribution is -1.96. The molecule has 0 aromatic rings. The van der Waals surface area contributed by atoms with Crippen LogP contribution in [0, 0.1) is 5.92 Å². The summed E-state index contributed by atoms with van der Waals surface area (Å²) in [5, 5.41) is 0. The van der Waals surface area contributed by atoms with Crippen LogP contribution in [0.4, 0.5) is 0 Å². The van der Waals surface area contributed by atoms with Gasteiger partial charge in [0.05, 0.1) is 0 Å². The van der Waals surface area contributed by atoms with Crippen LogP contribution in [0.25, 0.3) is 0 Å². The topological polar surface area (TPSA) is 0 Å². The zero-order valence-corrected chi connectivity index (χ0v) is 7.27. The van der Waals surface area contributed by atoms with Crippen molar-refractivity contribution in [3.63, 3.8) is 0 Å². The van der Waals surface area contributed by atoms with Gasteiger partial charge in [-0.15, -0.1) is 0 Å². The van der Waals surface area contributed by atoms with Crippen LogP contribution in [0.3, 0.4) is 0 Å². The van der Waals surface area contributed by atoms with Crippen LogP contribution >= 0.6 is 0 Å². The Bertz CT molecular complexity index is 196. The van der Waals surface area contributed by atoms with E-state index >= 15 is 0 Å². The molecule has 0 radical (unpaired) electrons. The molecule has 0 unspecified atom stereocenters. The average molecular weight is 148 g/mol. The fourth-order valence-electron chi connectivity index (χ4n) is 1.78. The van der Waals surface area contributed by atoms with Crippen LogP contribution in [0.15, 0.2) is 36.5 Å². The molecule has 60 valence electrons. The van der Waals surface area contributed by atoms with Gasteiger partial charge < -0.3 is 0 Å². The van der Waals surface area contributed by atoms with Crippen LogP contribution < -0.4 is 0 Å². The lowest BCUT2D eigenvalue weighted by molar-refractivity contribution is 0.726. The van der Waals surface area contributed by atoms with Gasteiger partial charge in [0, 0.05) is 5.92 Å². The van der Waals surface area contributed by atoms with E-state index in [9.17, 15) is 0 Å². The highest BCUT2D eigenvalue weighted by Crippen LogP contribution is 2.35. The Balaban J connectivity index is 2.72. The van der Waals surface area contributed by atoms with Crippen molar-refractivity contribution < 1.29 is 0 Å². The molecule has 1 fully saturated rings. The molecule has 1 saturated carbocycles. The molecule has 1 rings (SSSR count). The minimum absolute atomic E-state index is 0.646. The third-order valence-electron chi connectivity index (χ3n) is 2.33. The highest BCUT2D eigenvalue weighted by Gasteiger charge is 2.20. The third kappa shape index (κ3) is 1.83. The van der Waals surface area contributed by atoms with E-state index in [0.717, 1.165) is 0 Å². The second-order valence-electron chi connectivity index (χ2n) is 3.27. The second-order valence-corrected chi connectivity index (χ2v) is 3.27. The molecule has 0 aromatic heterocycles. The van der Waals surface area contributed by atoms with Crippen LogP contribution in [-0.2, 0) is 0 Å². The Kier molecular flexibility index (Phi) is 2.70. The van der Waals surface area contributed by atoms with Crippen LogP contribution in [-0.4, -0.2) is 0 Å².